The average Bonchev–Trinajstić information content (AvgIpc) is 3.34. The topological polar surface area (TPSA) is 28.9 Å². The molecule has 0 fully saturated rings. The van der Waals surface area contributed by atoms with E-state index in [9.17, 15) is 0 Å². The molecule has 6 aromatic rings. The van der Waals surface area contributed by atoms with Gasteiger partial charge in [0.25, 0.3) is 0 Å². The molecule has 2 aromatic heterocycles. The summed E-state index contributed by atoms with van der Waals surface area (Å²) < 4.78 is 6.15. The van der Waals surface area contributed by atoms with E-state index < -0.39 is 0 Å². The van der Waals surface area contributed by atoms with Crippen LogP contribution < -0.4 is 0 Å². The monoisotopic (exact) mass is 373 g/mol. The number of hydrogen-bond donors (Lipinski definition) is 1. The van der Waals surface area contributed by atoms with Gasteiger partial charge in [-0.1, -0.05) is 56.3 Å². The van der Waals surface area contributed by atoms with Crippen molar-refractivity contribution >= 4 is 43.7 Å². The number of hydrogen-bond acceptors (Lipinski definition) is 1. The van der Waals surface area contributed by atoms with Crippen molar-refractivity contribution in [2.45, 2.75) is 19.3 Å². The van der Waals surface area contributed by atoms with Crippen LogP contribution in [0.3, 0.4) is 0 Å². The number of benzene rings is 4. The van der Waals surface area contributed by atoms with E-state index in [1.165, 1.54) is 43.9 Å². The predicted octanol–water partition coefficient (Wildman–Crippen LogP) is 7.53. The molecule has 2 heteroatoms. The fourth-order valence-electron chi connectivity index (χ4n) is 5.32. The highest BCUT2D eigenvalue weighted by atomic mass is 16.3. The molecule has 7 rings (SSSR count). The van der Waals surface area contributed by atoms with Crippen LogP contribution in [0.1, 0.15) is 25.0 Å². The lowest BCUT2D eigenvalue weighted by Crippen LogP contribution is -2.14. The van der Waals surface area contributed by atoms with Gasteiger partial charge >= 0.3 is 0 Å². The number of nitrogens with one attached hydrogen (secondary N) is 1. The standard InChI is InChI=1S/C27H19NO/c1-27(2)21-9-5-3-7-15(21)17-11-18-19-13-26-20(16-8-4-6-10-25(16)29-26)12-23(19)28-24(18)14-22(17)27/h3-14,28H,1-2H3. The van der Waals surface area contributed by atoms with E-state index in [0.717, 1.165) is 22.1 Å². The van der Waals surface area contributed by atoms with Gasteiger partial charge in [0.2, 0.25) is 0 Å². The first kappa shape index (κ1) is 15.4. The highest BCUT2D eigenvalue weighted by molar-refractivity contribution is 6.16. The maximum absolute atomic E-state index is 6.15. The fourth-order valence-corrected chi connectivity index (χ4v) is 5.32. The Balaban J connectivity index is 1.60. The summed E-state index contributed by atoms with van der Waals surface area (Å²) in [5.74, 6) is 0. The first-order chi connectivity index (χ1) is 14.1. The van der Waals surface area contributed by atoms with E-state index >= 15 is 0 Å². The van der Waals surface area contributed by atoms with Gasteiger partial charge in [0.15, 0.2) is 0 Å². The van der Waals surface area contributed by atoms with Crippen LogP contribution in [-0.4, -0.2) is 4.98 Å². The summed E-state index contributed by atoms with van der Waals surface area (Å²) in [7, 11) is 0. The molecule has 0 spiro atoms. The maximum atomic E-state index is 6.15. The van der Waals surface area contributed by atoms with Crippen LogP contribution in [0.4, 0.5) is 0 Å². The highest BCUT2D eigenvalue weighted by Crippen LogP contribution is 2.50. The number of aromatic nitrogens is 1. The predicted molar refractivity (Wildman–Crippen MR) is 121 cm³/mol. The third-order valence-electron chi connectivity index (χ3n) is 6.80. The molecular formula is C27H19NO. The zero-order valence-corrected chi connectivity index (χ0v) is 16.3. The van der Waals surface area contributed by atoms with E-state index in [-0.39, 0.29) is 5.41 Å². The van der Waals surface area contributed by atoms with Crippen LogP contribution in [0, 0.1) is 0 Å². The number of H-pyrrole nitrogens is 1. The minimum absolute atomic E-state index is 0.0151. The number of para-hydroxylation sites is 1. The summed E-state index contributed by atoms with van der Waals surface area (Å²) >= 11 is 0. The minimum Gasteiger partial charge on any atom is -0.456 e. The molecule has 2 heterocycles. The number of furan rings is 1. The summed E-state index contributed by atoms with van der Waals surface area (Å²) in [5.41, 5.74) is 9.76. The minimum atomic E-state index is 0.0151. The quantitative estimate of drug-likeness (QED) is 0.293. The Labute approximate surface area is 167 Å². The van der Waals surface area contributed by atoms with E-state index in [1.807, 2.05) is 12.1 Å². The van der Waals surface area contributed by atoms with Gasteiger partial charge < -0.3 is 9.40 Å². The molecule has 1 aliphatic carbocycles. The largest absolute Gasteiger partial charge is 0.456 e. The first-order valence-electron chi connectivity index (χ1n) is 10.1. The van der Waals surface area contributed by atoms with Gasteiger partial charge in [0, 0.05) is 38.0 Å². The van der Waals surface area contributed by atoms with Gasteiger partial charge in [-0.05, 0) is 52.6 Å². The SMILES string of the molecule is CC1(C)c2ccccc2-c2cc3c(cc21)[nH]c1cc2c(cc13)oc1ccccc12. The molecule has 2 nitrogen and oxygen atoms in total. The Morgan fingerprint density at radius 1 is 0.621 bits per heavy atom. The molecular weight excluding hydrogens is 354 g/mol. The lowest BCUT2D eigenvalue weighted by atomic mass is 9.82. The van der Waals surface area contributed by atoms with Crippen molar-refractivity contribution in [1.82, 2.24) is 4.98 Å². The molecule has 0 unspecified atom stereocenters. The third-order valence-corrected chi connectivity index (χ3v) is 6.80. The molecule has 0 amide bonds. The second-order valence-electron chi connectivity index (χ2n) is 8.73. The van der Waals surface area contributed by atoms with Gasteiger partial charge in [0.1, 0.15) is 11.2 Å². The smallest absolute Gasteiger partial charge is 0.136 e. The van der Waals surface area contributed by atoms with Gasteiger partial charge in [-0.25, -0.2) is 0 Å². The number of aromatic amines is 1. The molecule has 0 atom stereocenters. The Morgan fingerprint density at radius 2 is 1.38 bits per heavy atom. The zero-order valence-electron chi connectivity index (χ0n) is 16.3. The summed E-state index contributed by atoms with van der Waals surface area (Å²) in [6, 6.07) is 26.2. The summed E-state index contributed by atoms with van der Waals surface area (Å²) in [4.78, 5) is 3.68. The lowest BCUT2D eigenvalue weighted by Gasteiger charge is -2.21. The number of fused-ring (bicyclic) bond motifs is 9. The fraction of sp³-hybridized carbons (Fsp3) is 0.111. The van der Waals surface area contributed by atoms with Crippen molar-refractivity contribution in [2.75, 3.05) is 0 Å². The van der Waals surface area contributed by atoms with Crippen molar-refractivity contribution in [3.63, 3.8) is 0 Å². The molecule has 0 saturated heterocycles. The van der Waals surface area contributed by atoms with Crippen LogP contribution >= 0.6 is 0 Å². The van der Waals surface area contributed by atoms with Crippen LogP contribution in [-0.2, 0) is 5.41 Å². The highest BCUT2D eigenvalue weighted by Gasteiger charge is 2.35. The Bertz CT molecular complexity index is 1630. The van der Waals surface area contributed by atoms with Gasteiger partial charge in [-0.3, -0.25) is 0 Å². The maximum Gasteiger partial charge on any atom is 0.136 e. The van der Waals surface area contributed by atoms with Crippen molar-refractivity contribution < 1.29 is 4.42 Å². The lowest BCUT2D eigenvalue weighted by molar-refractivity contribution is 0.661. The molecule has 1 aliphatic rings. The van der Waals surface area contributed by atoms with Crippen molar-refractivity contribution in [3.8, 4) is 11.1 Å². The van der Waals surface area contributed by atoms with Gasteiger partial charge in [-0.15, -0.1) is 0 Å². The second kappa shape index (κ2) is 4.90. The van der Waals surface area contributed by atoms with E-state index in [1.54, 1.807) is 0 Å². The Kier molecular flexibility index (Phi) is 2.60. The molecule has 138 valence electrons. The Morgan fingerprint density at radius 3 is 2.31 bits per heavy atom. The van der Waals surface area contributed by atoms with Gasteiger partial charge in [0.05, 0.1) is 0 Å². The molecule has 29 heavy (non-hydrogen) atoms. The molecule has 0 saturated carbocycles. The van der Waals surface area contributed by atoms with Crippen molar-refractivity contribution in [2.24, 2.45) is 0 Å². The molecule has 0 aliphatic heterocycles. The Hall–Kier alpha value is -3.52. The van der Waals surface area contributed by atoms with Crippen LogP contribution in [0.15, 0.2) is 77.2 Å². The van der Waals surface area contributed by atoms with E-state index in [2.05, 4.69) is 79.5 Å². The molecule has 1 N–H and O–H groups in total. The molecule has 4 aromatic carbocycles. The summed E-state index contributed by atoms with van der Waals surface area (Å²) in [5, 5.41) is 4.81. The first-order valence-corrected chi connectivity index (χ1v) is 10.1. The third kappa shape index (κ3) is 1.82. The summed E-state index contributed by atoms with van der Waals surface area (Å²) in [6.45, 7) is 4.65. The van der Waals surface area contributed by atoms with Crippen molar-refractivity contribution in [3.05, 3.63) is 83.9 Å². The van der Waals surface area contributed by atoms with Crippen LogP contribution in [0.5, 0.6) is 0 Å². The van der Waals surface area contributed by atoms with Crippen molar-refractivity contribution in [1.29, 1.82) is 0 Å². The normalized spacial score (nSPS) is 14.8. The summed E-state index contributed by atoms with van der Waals surface area (Å²) in [6.07, 6.45) is 0. The van der Waals surface area contributed by atoms with E-state index in [4.69, 9.17) is 4.42 Å². The molecule has 0 bridgehead atoms. The zero-order chi connectivity index (χ0) is 19.3. The van der Waals surface area contributed by atoms with E-state index in [0.29, 0.717) is 0 Å². The van der Waals surface area contributed by atoms with Crippen LogP contribution in [0.2, 0.25) is 0 Å². The average molecular weight is 373 g/mol. The second-order valence-corrected chi connectivity index (χ2v) is 8.73. The molecule has 0 radical (unpaired) electrons. The van der Waals surface area contributed by atoms with Crippen LogP contribution in [0.25, 0.3) is 54.9 Å². The number of rotatable bonds is 0. The van der Waals surface area contributed by atoms with Gasteiger partial charge in [-0.2, -0.15) is 0 Å².